The van der Waals surface area contributed by atoms with Gasteiger partial charge in [0.15, 0.2) is 0 Å². The summed E-state index contributed by atoms with van der Waals surface area (Å²) in [7, 11) is 3.84. The maximum Gasteiger partial charge on any atom is 0.223 e. The summed E-state index contributed by atoms with van der Waals surface area (Å²) in [5, 5.41) is 1.05. The second-order valence-electron chi connectivity index (χ2n) is 6.69. The third-order valence-corrected chi connectivity index (χ3v) is 5.97. The summed E-state index contributed by atoms with van der Waals surface area (Å²) in [5.74, 6) is 0.228. The van der Waals surface area contributed by atoms with Crippen molar-refractivity contribution in [2.24, 2.45) is 0 Å². The molecule has 1 saturated heterocycles. The quantitative estimate of drug-likeness (QED) is 0.761. The van der Waals surface area contributed by atoms with Crippen LogP contribution < -0.4 is 0 Å². The van der Waals surface area contributed by atoms with Crippen LogP contribution in [0.3, 0.4) is 0 Å². The van der Waals surface area contributed by atoms with E-state index in [1.54, 1.807) is 18.4 Å². The molecule has 1 aliphatic heterocycles. The van der Waals surface area contributed by atoms with Crippen molar-refractivity contribution >= 4 is 27.5 Å². The van der Waals surface area contributed by atoms with Crippen LogP contribution >= 0.6 is 11.3 Å². The van der Waals surface area contributed by atoms with E-state index < -0.39 is 0 Å². The number of nitrogens with zero attached hydrogens (tertiary/aromatic N) is 3. The van der Waals surface area contributed by atoms with Gasteiger partial charge in [0, 0.05) is 32.5 Å². The highest BCUT2D eigenvalue weighted by atomic mass is 32.1. The van der Waals surface area contributed by atoms with Gasteiger partial charge in [0.25, 0.3) is 0 Å². The lowest BCUT2D eigenvalue weighted by atomic mass is 10.0. The molecule has 0 bridgehead atoms. The van der Waals surface area contributed by atoms with Crippen molar-refractivity contribution in [2.45, 2.75) is 31.7 Å². The Bertz CT molecular complexity index is 662. The Kier molecular flexibility index (Phi) is 6.39. The Balaban J connectivity index is 1.60. The number of amides is 1. The fraction of sp³-hybridized carbons (Fsp3) is 0.579. The average molecular weight is 362 g/mol. The Morgan fingerprint density at radius 2 is 2.12 bits per heavy atom. The lowest BCUT2D eigenvalue weighted by molar-refractivity contribution is -0.135. The standard InChI is InChI=1S/C19H27N3O2S/c1-21-11-9-15(10-12-21)22(13-14-24-2)19(23)8-7-18-20-16-5-3-4-6-17(16)25-18/h3-6,15H,7-14H2,1-2H3. The summed E-state index contributed by atoms with van der Waals surface area (Å²) in [6.45, 7) is 3.39. The fourth-order valence-corrected chi connectivity index (χ4v) is 4.36. The van der Waals surface area contributed by atoms with E-state index in [-0.39, 0.29) is 5.91 Å². The largest absolute Gasteiger partial charge is 0.383 e. The van der Waals surface area contributed by atoms with Crippen LogP contribution in [-0.2, 0) is 16.0 Å². The zero-order chi connectivity index (χ0) is 17.6. The number of likely N-dealkylation sites (tertiary alicyclic amines) is 1. The second kappa shape index (κ2) is 8.74. The van der Waals surface area contributed by atoms with Gasteiger partial charge in [-0.3, -0.25) is 4.79 Å². The lowest BCUT2D eigenvalue weighted by Gasteiger charge is -2.37. The molecule has 136 valence electrons. The Morgan fingerprint density at radius 1 is 1.36 bits per heavy atom. The van der Waals surface area contributed by atoms with E-state index in [1.807, 2.05) is 23.1 Å². The van der Waals surface area contributed by atoms with Gasteiger partial charge < -0.3 is 14.5 Å². The molecule has 25 heavy (non-hydrogen) atoms. The van der Waals surface area contributed by atoms with Gasteiger partial charge in [-0.15, -0.1) is 11.3 Å². The summed E-state index contributed by atoms with van der Waals surface area (Å²) >= 11 is 1.69. The molecule has 0 spiro atoms. The van der Waals surface area contributed by atoms with Gasteiger partial charge in [-0.1, -0.05) is 12.1 Å². The third-order valence-electron chi connectivity index (χ3n) is 4.88. The van der Waals surface area contributed by atoms with Crippen molar-refractivity contribution < 1.29 is 9.53 Å². The number of carbonyl (C=O) groups excluding carboxylic acids is 1. The SMILES string of the molecule is COCCN(C(=O)CCc1nc2ccccc2s1)C1CCN(C)CC1. The average Bonchev–Trinajstić information content (AvgIpc) is 3.04. The Hall–Kier alpha value is -1.50. The van der Waals surface area contributed by atoms with Crippen molar-refractivity contribution in [2.75, 3.05) is 40.4 Å². The number of benzene rings is 1. The Morgan fingerprint density at radius 3 is 2.84 bits per heavy atom. The molecule has 1 amide bonds. The van der Waals surface area contributed by atoms with Crippen molar-refractivity contribution in [3.8, 4) is 0 Å². The van der Waals surface area contributed by atoms with Crippen molar-refractivity contribution in [1.29, 1.82) is 0 Å². The van der Waals surface area contributed by atoms with Gasteiger partial charge >= 0.3 is 0 Å². The minimum atomic E-state index is 0.228. The van der Waals surface area contributed by atoms with Crippen LogP contribution in [0, 0.1) is 0 Å². The van der Waals surface area contributed by atoms with Crippen molar-refractivity contribution in [3.63, 3.8) is 0 Å². The number of para-hydroxylation sites is 1. The molecule has 0 saturated carbocycles. The first-order valence-electron chi connectivity index (χ1n) is 8.99. The number of aromatic nitrogens is 1. The number of hydrogen-bond donors (Lipinski definition) is 0. The smallest absolute Gasteiger partial charge is 0.223 e. The molecule has 1 fully saturated rings. The molecule has 5 nitrogen and oxygen atoms in total. The van der Waals surface area contributed by atoms with Crippen LogP contribution in [0.4, 0.5) is 0 Å². The second-order valence-corrected chi connectivity index (χ2v) is 7.80. The van der Waals surface area contributed by atoms with Crippen LogP contribution in [0.15, 0.2) is 24.3 Å². The van der Waals surface area contributed by atoms with Crippen molar-refractivity contribution in [3.05, 3.63) is 29.3 Å². The van der Waals surface area contributed by atoms with Gasteiger partial charge in [0.05, 0.1) is 21.8 Å². The minimum absolute atomic E-state index is 0.228. The first-order chi connectivity index (χ1) is 12.2. The molecule has 2 heterocycles. The predicted octanol–water partition coefficient (Wildman–Crippen LogP) is 2.80. The van der Waals surface area contributed by atoms with Crippen LogP contribution in [0.2, 0.25) is 0 Å². The topological polar surface area (TPSA) is 45.7 Å². The summed E-state index contributed by atoms with van der Waals surface area (Å²) in [5.41, 5.74) is 1.03. The molecular formula is C19H27N3O2S. The number of hydrogen-bond acceptors (Lipinski definition) is 5. The van der Waals surface area contributed by atoms with Gasteiger partial charge in [-0.2, -0.15) is 0 Å². The number of rotatable bonds is 7. The predicted molar refractivity (Wildman–Crippen MR) is 102 cm³/mol. The molecule has 1 aromatic carbocycles. The summed E-state index contributed by atoms with van der Waals surface area (Å²) < 4.78 is 6.41. The van der Waals surface area contributed by atoms with Gasteiger partial charge in [-0.05, 0) is 45.1 Å². The molecule has 0 radical (unpaired) electrons. The summed E-state index contributed by atoms with van der Waals surface area (Å²) in [6.07, 6.45) is 3.34. The molecule has 1 aromatic heterocycles. The maximum atomic E-state index is 12.9. The highest BCUT2D eigenvalue weighted by Crippen LogP contribution is 2.23. The number of ether oxygens (including phenoxy) is 1. The highest BCUT2D eigenvalue weighted by molar-refractivity contribution is 7.18. The van der Waals surface area contributed by atoms with E-state index in [2.05, 4.69) is 23.0 Å². The minimum Gasteiger partial charge on any atom is -0.383 e. The summed E-state index contributed by atoms with van der Waals surface area (Å²) in [4.78, 5) is 21.9. The monoisotopic (exact) mass is 361 g/mol. The van der Waals surface area contributed by atoms with E-state index in [4.69, 9.17) is 4.74 Å². The molecular weight excluding hydrogens is 334 g/mol. The fourth-order valence-electron chi connectivity index (χ4n) is 3.39. The van der Waals surface area contributed by atoms with Gasteiger partial charge in [0.2, 0.25) is 5.91 Å². The van der Waals surface area contributed by atoms with Crippen LogP contribution in [-0.4, -0.2) is 67.1 Å². The molecule has 6 heteroatoms. The van der Waals surface area contributed by atoms with Gasteiger partial charge in [0.1, 0.15) is 0 Å². The summed E-state index contributed by atoms with van der Waals surface area (Å²) in [6, 6.07) is 8.49. The van der Waals surface area contributed by atoms with Crippen LogP contribution in [0.1, 0.15) is 24.3 Å². The number of carbonyl (C=O) groups is 1. The Labute approximate surface area is 153 Å². The van der Waals surface area contributed by atoms with Crippen LogP contribution in [0.5, 0.6) is 0 Å². The molecule has 2 aromatic rings. The first-order valence-corrected chi connectivity index (χ1v) is 9.80. The van der Waals surface area contributed by atoms with E-state index in [0.29, 0.717) is 32.0 Å². The molecule has 0 atom stereocenters. The van der Waals surface area contributed by atoms with Gasteiger partial charge in [-0.25, -0.2) is 4.98 Å². The zero-order valence-electron chi connectivity index (χ0n) is 15.1. The molecule has 1 aliphatic rings. The molecule has 0 N–H and O–H groups in total. The van der Waals surface area contributed by atoms with E-state index in [1.165, 1.54) is 4.70 Å². The molecule has 0 unspecified atom stereocenters. The number of methoxy groups -OCH3 is 1. The third kappa shape index (κ3) is 4.77. The first kappa shape index (κ1) is 18.3. The molecule has 0 aliphatic carbocycles. The molecule has 3 rings (SSSR count). The maximum absolute atomic E-state index is 12.9. The number of aryl methyl sites for hydroxylation is 1. The van der Waals surface area contributed by atoms with E-state index >= 15 is 0 Å². The number of thiazole rings is 1. The number of fused-ring (bicyclic) bond motifs is 1. The van der Waals surface area contributed by atoms with Crippen molar-refractivity contribution in [1.82, 2.24) is 14.8 Å². The lowest BCUT2D eigenvalue weighted by Crippen LogP contribution is -2.47. The van der Waals surface area contributed by atoms with E-state index in [0.717, 1.165) is 36.5 Å². The van der Waals surface area contributed by atoms with E-state index in [9.17, 15) is 4.79 Å². The normalized spacial score (nSPS) is 16.4. The highest BCUT2D eigenvalue weighted by Gasteiger charge is 2.26. The zero-order valence-corrected chi connectivity index (χ0v) is 15.9. The number of piperidine rings is 1. The van der Waals surface area contributed by atoms with Crippen LogP contribution in [0.25, 0.3) is 10.2 Å².